The molecule has 39 heavy (non-hydrogen) atoms. The Morgan fingerprint density at radius 3 is 1.95 bits per heavy atom. The van der Waals surface area contributed by atoms with Crippen LogP contribution >= 0.6 is 0 Å². The number of benzene rings is 2. The van der Waals surface area contributed by atoms with Crippen LogP contribution in [0.2, 0.25) is 0 Å². The lowest BCUT2D eigenvalue weighted by atomic mass is 9.54. The second-order valence-corrected chi connectivity index (χ2v) is 16.2. The van der Waals surface area contributed by atoms with E-state index in [1.165, 1.54) is 12.1 Å². The predicted octanol–water partition coefficient (Wildman–Crippen LogP) is 4.39. The molecule has 2 aromatic rings. The standard InChI is InChI=1S/C26H30F2NO7S3/c1-2-37(22-6-4-3-5-7-22)23-10-8-21(9-11-23)36-39(33,34)29-38(31,32)26(27,28)24(30)35-25-15-18-12-19(16-25)14-20(13-18)17-25/h3-11,18-20,29H,2,12-17H2,1H3/q+1. The van der Waals surface area contributed by atoms with Gasteiger partial charge in [-0.3, -0.25) is 0 Å². The molecule has 1 unspecified atom stereocenters. The molecule has 0 saturated heterocycles. The first-order valence-electron chi connectivity index (χ1n) is 12.8. The van der Waals surface area contributed by atoms with Gasteiger partial charge in [-0.25, -0.2) is 13.2 Å². The van der Waals surface area contributed by atoms with Crippen molar-refractivity contribution in [1.82, 2.24) is 4.13 Å². The van der Waals surface area contributed by atoms with Gasteiger partial charge in [0.25, 0.3) is 0 Å². The Bertz CT molecular complexity index is 1400. The monoisotopic (exact) mass is 602 g/mol. The molecule has 13 heteroatoms. The first kappa shape index (κ1) is 28.3. The van der Waals surface area contributed by atoms with E-state index in [1.807, 2.05) is 37.3 Å². The topological polar surface area (TPSA) is 116 Å². The molecule has 0 amide bonds. The van der Waals surface area contributed by atoms with Gasteiger partial charge >= 0.3 is 31.6 Å². The summed E-state index contributed by atoms with van der Waals surface area (Å²) in [6.07, 6.45) is 4.10. The summed E-state index contributed by atoms with van der Waals surface area (Å²) in [5.74, 6) is -0.996. The van der Waals surface area contributed by atoms with E-state index >= 15 is 0 Å². The molecule has 4 saturated carbocycles. The van der Waals surface area contributed by atoms with E-state index in [1.54, 1.807) is 12.1 Å². The molecule has 4 bridgehead atoms. The van der Waals surface area contributed by atoms with Crippen molar-refractivity contribution in [2.24, 2.45) is 17.8 Å². The number of carbonyl (C=O) groups excluding carboxylic acids is 1. The van der Waals surface area contributed by atoms with Gasteiger partial charge in [-0.1, -0.05) is 22.3 Å². The molecule has 0 aromatic heterocycles. The number of carbonyl (C=O) groups is 1. The lowest BCUT2D eigenvalue weighted by Gasteiger charge is -2.55. The number of alkyl halides is 2. The number of sulfonamides is 1. The molecule has 4 aliphatic carbocycles. The Kier molecular flexibility index (Phi) is 7.49. The van der Waals surface area contributed by atoms with Crippen LogP contribution in [0.4, 0.5) is 8.78 Å². The zero-order valence-corrected chi connectivity index (χ0v) is 23.7. The highest BCUT2D eigenvalue weighted by Gasteiger charge is 2.61. The van der Waals surface area contributed by atoms with Crippen molar-refractivity contribution in [2.45, 2.75) is 66.1 Å². The molecule has 2 aromatic carbocycles. The zero-order chi connectivity index (χ0) is 28.1. The van der Waals surface area contributed by atoms with Crippen molar-refractivity contribution in [1.29, 1.82) is 0 Å². The summed E-state index contributed by atoms with van der Waals surface area (Å²) >= 11 is 0. The molecule has 6 rings (SSSR count). The molecular weight excluding hydrogens is 572 g/mol. The number of hydrogen-bond acceptors (Lipinski definition) is 7. The van der Waals surface area contributed by atoms with Crippen molar-refractivity contribution in [2.75, 3.05) is 5.75 Å². The van der Waals surface area contributed by atoms with E-state index in [0.717, 1.165) is 38.9 Å². The summed E-state index contributed by atoms with van der Waals surface area (Å²) in [6, 6.07) is 15.5. The maximum absolute atomic E-state index is 14.8. The van der Waals surface area contributed by atoms with Crippen molar-refractivity contribution >= 4 is 37.2 Å². The van der Waals surface area contributed by atoms with Crippen molar-refractivity contribution in [3.63, 3.8) is 0 Å². The lowest BCUT2D eigenvalue weighted by molar-refractivity contribution is -0.201. The van der Waals surface area contributed by atoms with E-state index in [0.29, 0.717) is 19.3 Å². The number of esters is 1. The van der Waals surface area contributed by atoms with Gasteiger partial charge in [-0.05, 0) is 99.6 Å². The molecule has 1 atom stereocenters. The van der Waals surface area contributed by atoms with Gasteiger partial charge in [-0.2, -0.15) is 17.2 Å². The van der Waals surface area contributed by atoms with E-state index in [9.17, 15) is 30.4 Å². The van der Waals surface area contributed by atoms with Crippen LogP contribution in [0, 0.1) is 17.8 Å². The first-order valence-corrected chi connectivity index (χ1v) is 17.0. The smallest absolute Gasteiger partial charge is 0.454 e. The summed E-state index contributed by atoms with van der Waals surface area (Å²) in [6.45, 7) is 2.01. The Balaban J connectivity index is 1.25. The molecule has 0 spiro atoms. The van der Waals surface area contributed by atoms with E-state index < -0.39 is 37.2 Å². The van der Waals surface area contributed by atoms with Gasteiger partial charge in [0.2, 0.25) is 0 Å². The molecular formula is C26H30F2NO7S3+. The van der Waals surface area contributed by atoms with E-state index in [-0.39, 0.29) is 34.4 Å². The van der Waals surface area contributed by atoms with Crippen LogP contribution in [0.3, 0.4) is 0 Å². The molecule has 8 nitrogen and oxygen atoms in total. The Labute approximate surface area is 230 Å². The molecule has 1 N–H and O–H groups in total. The summed E-state index contributed by atoms with van der Waals surface area (Å²) in [5.41, 5.74) is -1.13. The highest BCUT2D eigenvalue weighted by molar-refractivity contribution is 8.03. The predicted molar refractivity (Wildman–Crippen MR) is 141 cm³/mol. The van der Waals surface area contributed by atoms with Crippen LogP contribution in [0.1, 0.15) is 45.4 Å². The largest absolute Gasteiger partial charge is 0.455 e. The van der Waals surface area contributed by atoms with Crippen molar-refractivity contribution < 1.29 is 39.3 Å². The fourth-order valence-electron chi connectivity index (χ4n) is 6.57. The maximum atomic E-state index is 14.8. The highest BCUT2D eigenvalue weighted by atomic mass is 32.3. The molecule has 0 aliphatic heterocycles. The minimum absolute atomic E-state index is 0.258. The Morgan fingerprint density at radius 1 is 0.923 bits per heavy atom. The molecule has 4 aliphatic rings. The van der Waals surface area contributed by atoms with Crippen LogP contribution in [-0.2, 0) is 40.8 Å². The molecule has 0 radical (unpaired) electrons. The van der Waals surface area contributed by atoms with Crippen LogP contribution in [0.5, 0.6) is 5.75 Å². The maximum Gasteiger partial charge on any atom is 0.455 e. The third-order valence-corrected chi connectivity index (χ3v) is 12.9. The van der Waals surface area contributed by atoms with Crippen LogP contribution in [0.25, 0.3) is 0 Å². The molecule has 0 heterocycles. The Hall–Kier alpha value is -2.22. The van der Waals surface area contributed by atoms with Gasteiger partial charge in [0.15, 0.2) is 9.79 Å². The highest BCUT2D eigenvalue weighted by Crippen LogP contribution is 2.57. The fourth-order valence-corrected chi connectivity index (χ4v) is 10.7. The fraction of sp³-hybridized carbons (Fsp3) is 0.500. The third kappa shape index (κ3) is 5.82. The van der Waals surface area contributed by atoms with E-state index in [4.69, 9.17) is 8.92 Å². The summed E-state index contributed by atoms with van der Waals surface area (Å²) < 4.78 is 90.0. The normalized spacial score (nSPS) is 27.2. The quantitative estimate of drug-likeness (QED) is 0.317. The van der Waals surface area contributed by atoms with Gasteiger partial charge in [0.05, 0.1) is 10.9 Å². The van der Waals surface area contributed by atoms with Crippen LogP contribution in [0.15, 0.2) is 64.4 Å². The zero-order valence-electron chi connectivity index (χ0n) is 21.2. The molecule has 212 valence electrons. The number of rotatable bonds is 10. The molecule has 4 fully saturated rings. The van der Waals surface area contributed by atoms with Gasteiger partial charge in [0.1, 0.15) is 17.1 Å². The number of nitrogens with one attached hydrogen (secondary N) is 1. The van der Waals surface area contributed by atoms with Crippen LogP contribution < -0.4 is 8.31 Å². The minimum atomic E-state index is -6.05. The number of halogens is 2. The van der Waals surface area contributed by atoms with Crippen molar-refractivity contribution in [3.05, 3.63) is 54.6 Å². The minimum Gasteiger partial charge on any atom is -0.454 e. The third-order valence-electron chi connectivity index (χ3n) is 7.71. The Morgan fingerprint density at radius 2 is 1.44 bits per heavy atom. The first-order chi connectivity index (χ1) is 18.3. The summed E-state index contributed by atoms with van der Waals surface area (Å²) in [4.78, 5) is 14.4. The second-order valence-electron chi connectivity index (χ2n) is 10.6. The van der Waals surface area contributed by atoms with Gasteiger partial charge in [-0.15, -0.1) is 0 Å². The van der Waals surface area contributed by atoms with E-state index in [2.05, 4.69) is 0 Å². The average Bonchev–Trinajstić information content (AvgIpc) is 2.84. The lowest BCUT2D eigenvalue weighted by Crippen LogP contribution is -2.56. The summed E-state index contributed by atoms with van der Waals surface area (Å²) in [5, 5.41) is -5.14. The average molecular weight is 603 g/mol. The van der Waals surface area contributed by atoms with Gasteiger partial charge in [0, 0.05) is 0 Å². The SMILES string of the molecule is CC[S+](c1ccccc1)c1ccc(OS(=O)(=O)NS(=O)(=O)C(F)(F)C(=O)OC23CC4CC(CC(C4)C2)C3)cc1. The van der Waals surface area contributed by atoms with Crippen LogP contribution in [-0.4, -0.2) is 39.4 Å². The van der Waals surface area contributed by atoms with Crippen molar-refractivity contribution in [3.8, 4) is 5.75 Å². The summed E-state index contributed by atoms with van der Waals surface area (Å²) in [7, 11) is -11.6. The number of hydrogen-bond donors (Lipinski definition) is 1. The van der Waals surface area contributed by atoms with Gasteiger partial charge < -0.3 is 8.92 Å². The number of ether oxygens (including phenoxy) is 1. The second kappa shape index (κ2) is 10.3.